The second-order valence-corrected chi connectivity index (χ2v) is 8.03. The molecular formula is C23H29F3N2O2. The van der Waals surface area contributed by atoms with E-state index in [-0.39, 0.29) is 6.61 Å². The van der Waals surface area contributed by atoms with Crippen LogP contribution >= 0.6 is 0 Å². The van der Waals surface area contributed by atoms with Gasteiger partial charge in [-0.25, -0.2) is 0 Å². The van der Waals surface area contributed by atoms with Crippen LogP contribution in [0.5, 0.6) is 5.75 Å². The summed E-state index contributed by atoms with van der Waals surface area (Å²) in [6.45, 7) is 9.29. The molecule has 1 heterocycles. The third-order valence-electron chi connectivity index (χ3n) is 5.40. The Bertz CT molecular complexity index is 839. The number of ether oxygens (including phenoxy) is 1. The molecule has 4 nitrogen and oxygen atoms in total. The summed E-state index contributed by atoms with van der Waals surface area (Å²) in [5.74, 6) is 0.814. The van der Waals surface area contributed by atoms with Crippen LogP contribution in [-0.2, 0) is 6.18 Å². The van der Waals surface area contributed by atoms with Gasteiger partial charge in [-0.05, 0) is 50.1 Å². The maximum absolute atomic E-state index is 12.9. The third-order valence-corrected chi connectivity index (χ3v) is 5.40. The van der Waals surface area contributed by atoms with Crippen LogP contribution in [0.1, 0.15) is 22.3 Å². The van der Waals surface area contributed by atoms with E-state index in [1.165, 1.54) is 17.7 Å². The smallest absolute Gasteiger partial charge is 0.416 e. The van der Waals surface area contributed by atoms with Gasteiger partial charge in [0.15, 0.2) is 0 Å². The third kappa shape index (κ3) is 5.67. The summed E-state index contributed by atoms with van der Waals surface area (Å²) in [6, 6.07) is 9.56. The monoisotopic (exact) mass is 422 g/mol. The van der Waals surface area contributed by atoms with Crippen LogP contribution in [0.25, 0.3) is 0 Å². The van der Waals surface area contributed by atoms with Crippen molar-refractivity contribution in [2.75, 3.05) is 44.2 Å². The fraction of sp³-hybridized carbons (Fsp3) is 0.478. The molecule has 164 valence electrons. The molecule has 1 atom stereocenters. The molecule has 1 fully saturated rings. The lowest BCUT2D eigenvalue weighted by molar-refractivity contribution is -0.137. The molecular weight excluding hydrogens is 393 g/mol. The van der Waals surface area contributed by atoms with Crippen LogP contribution in [0.15, 0.2) is 36.4 Å². The standard InChI is InChI=1S/C23H29F3N2O2/c1-16-11-17(2)22(18(3)12-16)30-15-21(29)14-27-7-9-28(10-8-27)20-6-4-5-19(13-20)23(24,25)26/h4-6,11-13,21,29H,7-10,14-15H2,1-3H3. The zero-order valence-electron chi connectivity index (χ0n) is 17.7. The number of benzene rings is 2. The van der Waals surface area contributed by atoms with Gasteiger partial charge in [-0.15, -0.1) is 0 Å². The van der Waals surface area contributed by atoms with Crippen molar-refractivity contribution in [3.63, 3.8) is 0 Å². The Morgan fingerprint density at radius 1 is 1.00 bits per heavy atom. The number of hydrogen-bond acceptors (Lipinski definition) is 4. The summed E-state index contributed by atoms with van der Waals surface area (Å²) in [6.07, 6.45) is -4.97. The van der Waals surface area contributed by atoms with Gasteiger partial charge >= 0.3 is 6.18 Å². The van der Waals surface area contributed by atoms with Crippen molar-refractivity contribution in [3.8, 4) is 5.75 Å². The number of β-amino-alcohol motifs (C(OH)–C–C–N with tert-alkyl or cyclic N) is 1. The number of aryl methyl sites for hydroxylation is 3. The number of halogens is 3. The Kier molecular flexibility index (Phi) is 6.93. The molecule has 0 amide bonds. The Hall–Kier alpha value is -2.25. The van der Waals surface area contributed by atoms with Crippen LogP contribution in [0, 0.1) is 20.8 Å². The van der Waals surface area contributed by atoms with Gasteiger partial charge < -0.3 is 14.7 Å². The molecule has 3 rings (SSSR count). The molecule has 1 N–H and O–H groups in total. The molecule has 2 aromatic rings. The minimum Gasteiger partial charge on any atom is -0.490 e. The molecule has 7 heteroatoms. The fourth-order valence-corrected chi connectivity index (χ4v) is 3.99. The summed E-state index contributed by atoms with van der Waals surface area (Å²) < 4.78 is 44.7. The molecule has 0 saturated carbocycles. The van der Waals surface area contributed by atoms with Crippen LogP contribution in [0.4, 0.5) is 18.9 Å². The van der Waals surface area contributed by atoms with Gasteiger partial charge in [-0.2, -0.15) is 13.2 Å². The number of rotatable bonds is 6. The molecule has 0 bridgehead atoms. The maximum Gasteiger partial charge on any atom is 0.416 e. The van der Waals surface area contributed by atoms with Crippen molar-refractivity contribution in [2.24, 2.45) is 0 Å². The normalized spacial score (nSPS) is 16.6. The largest absolute Gasteiger partial charge is 0.490 e. The molecule has 1 saturated heterocycles. The fourth-order valence-electron chi connectivity index (χ4n) is 3.99. The van der Waals surface area contributed by atoms with E-state index in [1.54, 1.807) is 6.07 Å². The van der Waals surface area contributed by atoms with E-state index in [2.05, 4.69) is 17.0 Å². The van der Waals surface area contributed by atoms with E-state index >= 15 is 0 Å². The van der Waals surface area contributed by atoms with Crippen LogP contribution in [0.3, 0.4) is 0 Å². The second-order valence-electron chi connectivity index (χ2n) is 8.03. The molecule has 0 spiro atoms. The van der Waals surface area contributed by atoms with E-state index < -0.39 is 17.8 Å². The Balaban J connectivity index is 1.49. The SMILES string of the molecule is Cc1cc(C)c(OCC(O)CN2CCN(c3cccc(C(F)(F)F)c3)CC2)c(C)c1. The predicted octanol–water partition coefficient (Wildman–Crippen LogP) is 4.19. The van der Waals surface area contributed by atoms with E-state index in [4.69, 9.17) is 4.74 Å². The number of alkyl halides is 3. The van der Waals surface area contributed by atoms with Crippen molar-refractivity contribution in [2.45, 2.75) is 33.1 Å². The van der Waals surface area contributed by atoms with Crippen molar-refractivity contribution < 1.29 is 23.0 Å². The molecule has 0 radical (unpaired) electrons. The minimum absolute atomic E-state index is 0.207. The summed E-state index contributed by atoms with van der Waals surface area (Å²) in [4.78, 5) is 4.07. The van der Waals surface area contributed by atoms with E-state index in [9.17, 15) is 18.3 Å². The van der Waals surface area contributed by atoms with Gasteiger partial charge in [-0.3, -0.25) is 4.90 Å². The highest BCUT2D eigenvalue weighted by atomic mass is 19.4. The summed E-state index contributed by atoms with van der Waals surface area (Å²) in [5, 5.41) is 10.4. The van der Waals surface area contributed by atoms with Gasteiger partial charge in [0.1, 0.15) is 18.5 Å². The molecule has 30 heavy (non-hydrogen) atoms. The number of piperazine rings is 1. The lowest BCUT2D eigenvalue weighted by atomic mass is 10.1. The number of anilines is 1. The second kappa shape index (κ2) is 9.27. The highest BCUT2D eigenvalue weighted by Gasteiger charge is 2.31. The van der Waals surface area contributed by atoms with Crippen LogP contribution in [-0.4, -0.2) is 55.4 Å². The van der Waals surface area contributed by atoms with Gasteiger partial charge in [0.25, 0.3) is 0 Å². The van der Waals surface area contributed by atoms with Crippen molar-refractivity contribution in [1.29, 1.82) is 0 Å². The quantitative estimate of drug-likeness (QED) is 0.757. The molecule has 1 aliphatic rings. The zero-order chi connectivity index (χ0) is 21.9. The van der Waals surface area contributed by atoms with Gasteiger partial charge in [0, 0.05) is 38.4 Å². The first-order valence-electron chi connectivity index (χ1n) is 10.2. The Morgan fingerprint density at radius 2 is 1.63 bits per heavy atom. The lowest BCUT2D eigenvalue weighted by Crippen LogP contribution is -2.49. The van der Waals surface area contributed by atoms with Gasteiger partial charge in [0.2, 0.25) is 0 Å². The number of aliphatic hydroxyl groups is 1. The average molecular weight is 422 g/mol. The van der Waals surface area contributed by atoms with Crippen LogP contribution < -0.4 is 9.64 Å². The predicted molar refractivity (Wildman–Crippen MR) is 112 cm³/mol. The van der Waals surface area contributed by atoms with E-state index in [0.717, 1.165) is 22.9 Å². The zero-order valence-corrected chi connectivity index (χ0v) is 17.7. The van der Waals surface area contributed by atoms with Crippen LogP contribution in [0.2, 0.25) is 0 Å². The van der Waals surface area contributed by atoms with Crippen molar-refractivity contribution >= 4 is 5.69 Å². The summed E-state index contributed by atoms with van der Waals surface area (Å²) in [7, 11) is 0. The van der Waals surface area contributed by atoms with Gasteiger partial charge in [0.05, 0.1) is 5.56 Å². The maximum atomic E-state index is 12.9. The molecule has 0 aromatic heterocycles. The highest BCUT2D eigenvalue weighted by molar-refractivity contribution is 5.49. The van der Waals surface area contributed by atoms with Crippen molar-refractivity contribution in [1.82, 2.24) is 4.90 Å². The summed E-state index contributed by atoms with van der Waals surface area (Å²) >= 11 is 0. The molecule has 1 unspecified atom stereocenters. The Morgan fingerprint density at radius 3 is 2.23 bits per heavy atom. The first-order chi connectivity index (χ1) is 14.1. The summed E-state index contributed by atoms with van der Waals surface area (Å²) in [5.41, 5.74) is 3.23. The van der Waals surface area contributed by atoms with Gasteiger partial charge in [-0.1, -0.05) is 23.8 Å². The molecule has 0 aliphatic carbocycles. The Labute approximate surface area is 175 Å². The molecule has 1 aliphatic heterocycles. The number of hydrogen-bond donors (Lipinski definition) is 1. The van der Waals surface area contributed by atoms with E-state index in [1.807, 2.05) is 25.7 Å². The first kappa shape index (κ1) is 22.4. The van der Waals surface area contributed by atoms with E-state index in [0.29, 0.717) is 38.4 Å². The molecule has 2 aromatic carbocycles. The average Bonchev–Trinajstić information content (AvgIpc) is 2.67. The lowest BCUT2D eigenvalue weighted by Gasteiger charge is -2.37. The first-order valence-corrected chi connectivity index (χ1v) is 10.2. The van der Waals surface area contributed by atoms with Crippen molar-refractivity contribution in [3.05, 3.63) is 58.7 Å². The number of aliphatic hydroxyl groups excluding tert-OH is 1. The minimum atomic E-state index is -4.34. The number of nitrogens with zero attached hydrogens (tertiary/aromatic N) is 2. The highest BCUT2D eigenvalue weighted by Crippen LogP contribution is 2.32. The topological polar surface area (TPSA) is 35.9 Å².